The number of benzene rings is 1. The zero-order chi connectivity index (χ0) is 9.90. The molecule has 0 saturated heterocycles. The van der Waals surface area contributed by atoms with Crippen LogP contribution in [0.3, 0.4) is 0 Å². The van der Waals surface area contributed by atoms with Crippen molar-refractivity contribution in [3.8, 4) is 0 Å². The van der Waals surface area contributed by atoms with Crippen LogP contribution >= 0.6 is 7.60 Å². The molecule has 70 valence electrons. The molecule has 0 spiro atoms. The number of hydrogen-bond donors (Lipinski definition) is 0. The lowest BCUT2D eigenvalue weighted by Crippen LogP contribution is -2.27. The van der Waals surface area contributed by atoms with Gasteiger partial charge in [-0.2, -0.15) is 0 Å². The van der Waals surface area contributed by atoms with Gasteiger partial charge < -0.3 is 14.4 Å². The minimum atomic E-state index is -4.63. The molecular formula is C9H9O3P-2. The molecule has 3 nitrogen and oxygen atoms in total. The summed E-state index contributed by atoms with van der Waals surface area (Å²) in [6.45, 7) is 3.49. The number of rotatable bonds is 3. The minimum Gasteiger partial charge on any atom is -0.807 e. The first-order valence-electron chi connectivity index (χ1n) is 3.77. The highest BCUT2D eigenvalue weighted by Crippen LogP contribution is 2.24. The van der Waals surface area contributed by atoms with Gasteiger partial charge in [-0.3, -0.25) is 0 Å². The topological polar surface area (TPSA) is 63.2 Å². The summed E-state index contributed by atoms with van der Waals surface area (Å²) in [6, 6.07) is 6.15. The highest BCUT2D eigenvalue weighted by atomic mass is 31.2. The predicted molar refractivity (Wildman–Crippen MR) is 47.6 cm³/mol. The van der Waals surface area contributed by atoms with Crippen molar-refractivity contribution in [2.45, 2.75) is 6.42 Å². The van der Waals surface area contributed by atoms with Gasteiger partial charge in [0.05, 0.1) is 0 Å². The summed E-state index contributed by atoms with van der Waals surface area (Å²) < 4.78 is 10.8. The van der Waals surface area contributed by atoms with Gasteiger partial charge in [-0.15, -0.1) is 6.58 Å². The molecule has 0 atom stereocenters. The van der Waals surface area contributed by atoms with E-state index in [2.05, 4.69) is 6.58 Å². The number of hydrogen-bond acceptors (Lipinski definition) is 3. The van der Waals surface area contributed by atoms with Crippen molar-refractivity contribution < 1.29 is 14.4 Å². The van der Waals surface area contributed by atoms with Gasteiger partial charge in [0.25, 0.3) is 0 Å². The molecule has 0 heterocycles. The molecule has 0 aliphatic rings. The first-order chi connectivity index (χ1) is 6.05. The lowest BCUT2D eigenvalue weighted by Gasteiger charge is -2.31. The summed E-state index contributed by atoms with van der Waals surface area (Å²) in [5, 5.41) is -0.130. The van der Waals surface area contributed by atoms with Crippen LogP contribution in [0.4, 0.5) is 0 Å². The second kappa shape index (κ2) is 3.88. The molecule has 0 saturated carbocycles. The smallest absolute Gasteiger partial charge is 0.00935 e. The standard InChI is InChI=1S/C9H11O3P/c1-2-5-8-6-3-4-7-9(8)13(10,11)12/h2-4,6-7H,1,5H2,(H2,10,11,12)/p-2. The minimum absolute atomic E-state index is 0.130. The zero-order valence-corrected chi connectivity index (χ0v) is 7.87. The maximum atomic E-state index is 10.8. The summed E-state index contributed by atoms with van der Waals surface area (Å²) >= 11 is 0. The summed E-state index contributed by atoms with van der Waals surface area (Å²) in [6.07, 6.45) is 1.96. The van der Waals surface area contributed by atoms with Crippen LogP contribution in [-0.2, 0) is 11.0 Å². The van der Waals surface area contributed by atoms with E-state index in [1.165, 1.54) is 12.1 Å². The van der Waals surface area contributed by atoms with Crippen LogP contribution in [0.15, 0.2) is 36.9 Å². The van der Waals surface area contributed by atoms with Gasteiger partial charge in [0.1, 0.15) is 0 Å². The Kier molecular flexibility index (Phi) is 3.04. The van der Waals surface area contributed by atoms with Gasteiger partial charge in [-0.05, 0) is 24.9 Å². The summed E-state index contributed by atoms with van der Waals surface area (Å²) in [4.78, 5) is 21.5. The van der Waals surface area contributed by atoms with E-state index in [0.29, 0.717) is 12.0 Å². The van der Waals surface area contributed by atoms with Crippen molar-refractivity contribution in [2.75, 3.05) is 0 Å². The third-order valence-electron chi connectivity index (χ3n) is 1.65. The molecule has 1 rings (SSSR count). The van der Waals surface area contributed by atoms with E-state index in [1.807, 2.05) is 0 Å². The van der Waals surface area contributed by atoms with E-state index in [9.17, 15) is 14.4 Å². The average molecular weight is 196 g/mol. The zero-order valence-electron chi connectivity index (χ0n) is 6.97. The summed E-state index contributed by atoms with van der Waals surface area (Å²) in [7, 11) is -4.63. The van der Waals surface area contributed by atoms with Crippen LogP contribution in [0.5, 0.6) is 0 Å². The molecule has 0 aliphatic heterocycles. The molecule has 4 heteroatoms. The quantitative estimate of drug-likeness (QED) is 0.503. The molecule has 0 fully saturated rings. The van der Waals surface area contributed by atoms with Crippen LogP contribution < -0.4 is 15.1 Å². The van der Waals surface area contributed by atoms with Crippen molar-refractivity contribution >= 4 is 12.9 Å². The summed E-state index contributed by atoms with van der Waals surface area (Å²) in [5.74, 6) is 0. The Morgan fingerprint density at radius 1 is 1.38 bits per heavy atom. The van der Waals surface area contributed by atoms with Gasteiger partial charge in [0, 0.05) is 0 Å². The molecule has 0 bridgehead atoms. The van der Waals surface area contributed by atoms with Crippen LogP contribution in [0.2, 0.25) is 0 Å². The first-order valence-corrected chi connectivity index (χ1v) is 5.31. The molecule has 13 heavy (non-hydrogen) atoms. The van der Waals surface area contributed by atoms with E-state index < -0.39 is 7.60 Å². The molecule has 1 aromatic carbocycles. The first kappa shape index (κ1) is 10.2. The molecular weight excluding hydrogens is 187 g/mol. The maximum absolute atomic E-state index is 10.8. The van der Waals surface area contributed by atoms with Gasteiger partial charge in [-0.1, -0.05) is 30.3 Å². The fourth-order valence-electron chi connectivity index (χ4n) is 1.11. The Bertz CT molecular complexity index is 354. The fourth-order valence-corrected chi connectivity index (χ4v) is 1.89. The molecule has 0 unspecified atom stereocenters. The van der Waals surface area contributed by atoms with Crippen molar-refractivity contribution in [2.24, 2.45) is 0 Å². The molecule has 0 aromatic heterocycles. The second-order valence-electron chi connectivity index (χ2n) is 2.62. The second-order valence-corrected chi connectivity index (χ2v) is 4.10. The van der Waals surface area contributed by atoms with Crippen LogP contribution in [0, 0.1) is 0 Å². The number of allylic oxidation sites excluding steroid dienone is 1. The van der Waals surface area contributed by atoms with E-state index >= 15 is 0 Å². The van der Waals surface area contributed by atoms with Gasteiger partial charge in [0.2, 0.25) is 0 Å². The molecule has 0 N–H and O–H groups in total. The van der Waals surface area contributed by atoms with Crippen LogP contribution in [0.1, 0.15) is 5.56 Å². The van der Waals surface area contributed by atoms with Crippen LogP contribution in [-0.4, -0.2) is 0 Å². The monoisotopic (exact) mass is 196 g/mol. The van der Waals surface area contributed by atoms with Crippen LogP contribution in [0.25, 0.3) is 0 Å². The molecule has 0 amide bonds. The van der Waals surface area contributed by atoms with Crippen molar-refractivity contribution in [3.63, 3.8) is 0 Å². The normalized spacial score (nSPS) is 11.2. The summed E-state index contributed by atoms with van der Waals surface area (Å²) in [5.41, 5.74) is 0.505. The van der Waals surface area contributed by atoms with E-state index in [0.717, 1.165) is 0 Å². The Balaban J connectivity index is 3.19. The lowest BCUT2D eigenvalue weighted by molar-refractivity contribution is -0.307. The largest absolute Gasteiger partial charge is 0.807 e. The molecule has 0 radical (unpaired) electrons. The molecule has 1 aromatic rings. The Labute approximate surface area is 76.9 Å². The van der Waals surface area contributed by atoms with Crippen molar-refractivity contribution in [1.29, 1.82) is 0 Å². The Morgan fingerprint density at radius 3 is 2.54 bits per heavy atom. The predicted octanol–water partition coefficient (Wildman–Crippen LogP) is -0.0459. The van der Waals surface area contributed by atoms with E-state index in [-0.39, 0.29) is 5.30 Å². The highest BCUT2D eigenvalue weighted by Gasteiger charge is 2.02. The Morgan fingerprint density at radius 2 is 2.00 bits per heavy atom. The van der Waals surface area contributed by atoms with Gasteiger partial charge >= 0.3 is 0 Å². The van der Waals surface area contributed by atoms with E-state index in [1.54, 1.807) is 18.2 Å². The van der Waals surface area contributed by atoms with Gasteiger partial charge in [-0.25, -0.2) is 0 Å². The third-order valence-corrected chi connectivity index (χ3v) is 2.68. The SMILES string of the molecule is C=CCc1ccccc1P(=O)([O-])[O-]. The lowest BCUT2D eigenvalue weighted by atomic mass is 10.1. The van der Waals surface area contributed by atoms with Crippen molar-refractivity contribution in [1.82, 2.24) is 0 Å². The Hall–Kier alpha value is -0.890. The fraction of sp³-hybridized carbons (Fsp3) is 0.111. The van der Waals surface area contributed by atoms with Gasteiger partial charge in [0.15, 0.2) is 0 Å². The maximum Gasteiger partial charge on any atom is -0.00935 e. The average Bonchev–Trinajstić information content (AvgIpc) is 2.04. The molecule has 0 aliphatic carbocycles. The third kappa shape index (κ3) is 2.52. The van der Waals surface area contributed by atoms with Crippen molar-refractivity contribution in [3.05, 3.63) is 42.5 Å². The van der Waals surface area contributed by atoms with E-state index in [4.69, 9.17) is 0 Å². The highest BCUT2D eigenvalue weighted by molar-refractivity contribution is 7.57.